The summed E-state index contributed by atoms with van der Waals surface area (Å²) in [6.45, 7) is 1.09. The van der Waals surface area contributed by atoms with Crippen molar-refractivity contribution in [2.75, 3.05) is 36.0 Å². The van der Waals surface area contributed by atoms with Crippen LogP contribution in [0.1, 0.15) is 25.7 Å². The Bertz CT molecular complexity index is 760. The van der Waals surface area contributed by atoms with Gasteiger partial charge in [-0.1, -0.05) is 0 Å². The second-order valence-electron chi connectivity index (χ2n) is 6.03. The van der Waals surface area contributed by atoms with Gasteiger partial charge >= 0.3 is 11.7 Å². The summed E-state index contributed by atoms with van der Waals surface area (Å²) >= 11 is 0. The van der Waals surface area contributed by atoms with E-state index >= 15 is 0 Å². The lowest BCUT2D eigenvalue weighted by Gasteiger charge is -2.31. The van der Waals surface area contributed by atoms with E-state index in [1.165, 1.54) is 6.33 Å². The smallest absolute Gasteiger partial charge is 0.353 e. The number of aromatic nitrogens is 2. The highest BCUT2D eigenvalue weighted by Crippen LogP contribution is 2.36. The molecule has 0 spiro atoms. The van der Waals surface area contributed by atoms with Crippen LogP contribution < -0.4 is 9.80 Å². The largest absolute Gasteiger partial charge is 0.481 e. The Balaban J connectivity index is 2.35. The molecule has 1 fully saturated rings. The van der Waals surface area contributed by atoms with Gasteiger partial charge in [0, 0.05) is 26.2 Å². The number of rotatable bonds is 8. The van der Waals surface area contributed by atoms with E-state index in [1.54, 1.807) is 9.80 Å². The number of anilines is 2. The second-order valence-corrected chi connectivity index (χ2v) is 6.03. The highest BCUT2D eigenvalue weighted by Gasteiger charge is 2.33. The number of aliphatic carboxylic acids is 1. The van der Waals surface area contributed by atoms with Gasteiger partial charge in [0.15, 0.2) is 0 Å². The van der Waals surface area contributed by atoms with Crippen molar-refractivity contribution in [1.29, 1.82) is 10.5 Å². The van der Waals surface area contributed by atoms with Gasteiger partial charge in [0.1, 0.15) is 6.33 Å². The Labute approximate surface area is 155 Å². The normalized spacial score (nSPS) is 14.2. The topological polar surface area (TPSA) is 160 Å². The minimum absolute atomic E-state index is 0.0656. The number of nitro groups is 1. The van der Waals surface area contributed by atoms with Crippen LogP contribution in [0.5, 0.6) is 0 Å². The molecule has 0 atom stereocenters. The van der Waals surface area contributed by atoms with Gasteiger partial charge in [-0.15, -0.1) is 0 Å². The van der Waals surface area contributed by atoms with Crippen LogP contribution in [-0.2, 0) is 4.79 Å². The Hall–Kier alpha value is -3.47. The molecule has 1 aliphatic heterocycles. The van der Waals surface area contributed by atoms with E-state index in [-0.39, 0.29) is 43.3 Å². The van der Waals surface area contributed by atoms with Crippen LogP contribution >= 0.6 is 0 Å². The predicted octanol–water partition coefficient (Wildman–Crippen LogP) is 1.32. The molecule has 1 saturated heterocycles. The summed E-state index contributed by atoms with van der Waals surface area (Å²) in [5.41, 5.74) is -0.290. The van der Waals surface area contributed by atoms with Crippen LogP contribution in [0.3, 0.4) is 0 Å². The first-order valence-electron chi connectivity index (χ1n) is 8.45. The van der Waals surface area contributed by atoms with Crippen LogP contribution in [0.15, 0.2) is 6.33 Å². The molecule has 142 valence electrons. The molecule has 2 rings (SSSR count). The van der Waals surface area contributed by atoms with Crippen molar-refractivity contribution in [3.8, 4) is 12.1 Å². The molecule has 1 N–H and O–H groups in total. The lowest BCUT2D eigenvalue weighted by Crippen LogP contribution is -2.37. The van der Waals surface area contributed by atoms with Crippen molar-refractivity contribution in [2.24, 2.45) is 5.92 Å². The Morgan fingerprint density at radius 2 is 1.89 bits per heavy atom. The predicted molar refractivity (Wildman–Crippen MR) is 93.9 cm³/mol. The maximum Gasteiger partial charge on any atom is 0.353 e. The fourth-order valence-electron chi connectivity index (χ4n) is 3.02. The van der Waals surface area contributed by atoms with E-state index in [1.807, 2.05) is 12.1 Å². The molecule has 0 unspecified atom stereocenters. The molecule has 0 aromatic carbocycles. The molecule has 27 heavy (non-hydrogen) atoms. The number of nitrogens with zero attached hydrogens (tertiary/aromatic N) is 7. The zero-order valence-electron chi connectivity index (χ0n) is 14.6. The third-order valence-electron chi connectivity index (χ3n) is 4.40. The number of carbonyl (C=O) groups is 1. The number of piperidine rings is 1. The molecule has 11 heteroatoms. The molecule has 11 nitrogen and oxygen atoms in total. The first-order chi connectivity index (χ1) is 13.0. The number of carboxylic acid groups (broad SMARTS) is 1. The van der Waals surface area contributed by atoms with Crippen molar-refractivity contribution in [2.45, 2.75) is 25.7 Å². The third kappa shape index (κ3) is 4.79. The number of nitriles is 2. The average molecular weight is 373 g/mol. The monoisotopic (exact) mass is 373 g/mol. The molecule has 2 heterocycles. The molecule has 1 aromatic rings. The molecule has 0 radical (unpaired) electrons. The van der Waals surface area contributed by atoms with Gasteiger partial charge in [0.2, 0.25) is 11.6 Å². The van der Waals surface area contributed by atoms with Gasteiger partial charge in [-0.25, -0.2) is 9.97 Å². The van der Waals surface area contributed by atoms with E-state index in [0.717, 1.165) is 0 Å². The summed E-state index contributed by atoms with van der Waals surface area (Å²) in [7, 11) is 0. The third-order valence-corrected chi connectivity index (χ3v) is 4.40. The zero-order valence-corrected chi connectivity index (χ0v) is 14.6. The van der Waals surface area contributed by atoms with Crippen molar-refractivity contribution in [3.63, 3.8) is 0 Å². The van der Waals surface area contributed by atoms with Crippen molar-refractivity contribution >= 4 is 23.3 Å². The molecule has 1 aromatic heterocycles. The maximum absolute atomic E-state index is 11.8. The van der Waals surface area contributed by atoms with E-state index in [2.05, 4.69) is 9.97 Å². The Kier molecular flexibility index (Phi) is 6.83. The number of hydrogen-bond acceptors (Lipinski definition) is 9. The van der Waals surface area contributed by atoms with Crippen LogP contribution in [-0.4, -0.2) is 52.1 Å². The van der Waals surface area contributed by atoms with E-state index in [0.29, 0.717) is 25.9 Å². The van der Waals surface area contributed by atoms with Gasteiger partial charge in [0.25, 0.3) is 0 Å². The van der Waals surface area contributed by atoms with Crippen LogP contribution in [0.25, 0.3) is 0 Å². The van der Waals surface area contributed by atoms with Gasteiger partial charge in [-0.2, -0.15) is 10.5 Å². The van der Waals surface area contributed by atoms with Gasteiger partial charge in [-0.05, 0) is 12.8 Å². The fourth-order valence-corrected chi connectivity index (χ4v) is 3.02. The first kappa shape index (κ1) is 19.8. The van der Waals surface area contributed by atoms with Gasteiger partial charge in [-0.3, -0.25) is 14.9 Å². The Morgan fingerprint density at radius 1 is 1.30 bits per heavy atom. The maximum atomic E-state index is 11.8. The summed E-state index contributed by atoms with van der Waals surface area (Å²) in [5.74, 6) is -1.14. The zero-order chi connectivity index (χ0) is 19.8. The summed E-state index contributed by atoms with van der Waals surface area (Å²) in [6, 6.07) is 3.97. The standard InChI is InChI=1S/C16H19N7O4/c17-5-1-7-21(8-2-6-18)14-13(23(26)27)15(20-11-19-14)22-9-3-12(4-10-22)16(24)25/h11-12H,1-4,7-10H2,(H,24,25). The second kappa shape index (κ2) is 9.29. The lowest BCUT2D eigenvalue weighted by molar-refractivity contribution is -0.383. The molecular weight excluding hydrogens is 354 g/mol. The SMILES string of the molecule is N#CCCN(CCC#N)c1ncnc(N2CCC(C(=O)O)CC2)c1[N+](=O)[O-]. The minimum Gasteiger partial charge on any atom is -0.481 e. The summed E-state index contributed by atoms with van der Waals surface area (Å²) in [4.78, 5) is 33.6. The van der Waals surface area contributed by atoms with Crippen LogP contribution in [0.2, 0.25) is 0 Å². The van der Waals surface area contributed by atoms with E-state index < -0.39 is 16.8 Å². The summed E-state index contributed by atoms with van der Waals surface area (Å²) < 4.78 is 0. The molecule has 0 bridgehead atoms. The molecule has 1 aliphatic rings. The molecular formula is C16H19N7O4. The molecule has 0 amide bonds. The van der Waals surface area contributed by atoms with Crippen molar-refractivity contribution in [1.82, 2.24) is 9.97 Å². The van der Waals surface area contributed by atoms with Gasteiger partial charge < -0.3 is 14.9 Å². The fraction of sp³-hybridized carbons (Fsp3) is 0.562. The van der Waals surface area contributed by atoms with Gasteiger partial charge in [0.05, 0.1) is 35.8 Å². The van der Waals surface area contributed by atoms with Crippen LogP contribution in [0.4, 0.5) is 17.3 Å². The highest BCUT2D eigenvalue weighted by molar-refractivity contribution is 5.73. The quantitative estimate of drug-likeness (QED) is 0.519. The number of carboxylic acids is 1. The molecule has 0 saturated carbocycles. The highest BCUT2D eigenvalue weighted by atomic mass is 16.6. The lowest BCUT2D eigenvalue weighted by atomic mass is 9.97. The summed E-state index contributed by atoms with van der Waals surface area (Å²) in [6.07, 6.45) is 2.22. The minimum atomic E-state index is -0.869. The first-order valence-corrected chi connectivity index (χ1v) is 8.45. The number of hydrogen-bond donors (Lipinski definition) is 1. The van der Waals surface area contributed by atoms with Crippen molar-refractivity contribution < 1.29 is 14.8 Å². The molecule has 0 aliphatic carbocycles. The Morgan fingerprint density at radius 3 is 2.37 bits per heavy atom. The van der Waals surface area contributed by atoms with E-state index in [4.69, 9.17) is 15.6 Å². The van der Waals surface area contributed by atoms with Crippen LogP contribution in [0, 0.1) is 38.7 Å². The summed E-state index contributed by atoms with van der Waals surface area (Å²) in [5, 5.41) is 38.5. The van der Waals surface area contributed by atoms with E-state index in [9.17, 15) is 14.9 Å². The average Bonchev–Trinajstić information content (AvgIpc) is 2.67. The van der Waals surface area contributed by atoms with Crippen molar-refractivity contribution in [3.05, 3.63) is 16.4 Å².